The van der Waals surface area contributed by atoms with Gasteiger partial charge in [0.15, 0.2) is 11.6 Å². The standard InChI is InChI=1S/C19H14BrN3O4/c1-26-11-6-7-14(20)12(8-11)19(25)27-10-17(24)13(9-21)18-22-15-4-2-3-5-16(15)23-18/h2-8,24H,10H2,1H3,(H,22,23)/b17-13-. The van der Waals surface area contributed by atoms with Gasteiger partial charge in [0.25, 0.3) is 0 Å². The monoisotopic (exact) mass is 427 g/mol. The number of methoxy groups -OCH3 is 1. The molecule has 0 spiro atoms. The van der Waals surface area contributed by atoms with Crippen LogP contribution in [-0.2, 0) is 4.74 Å². The number of H-pyrrole nitrogens is 1. The Bertz CT molecular complexity index is 1050. The van der Waals surface area contributed by atoms with Crippen LogP contribution in [0.15, 0.2) is 52.7 Å². The Kier molecular flexibility index (Phi) is 5.43. The molecule has 2 aromatic carbocycles. The number of fused-ring (bicyclic) bond motifs is 1. The second-order valence-electron chi connectivity index (χ2n) is 5.46. The van der Waals surface area contributed by atoms with Gasteiger partial charge in [-0.1, -0.05) is 12.1 Å². The molecule has 0 aliphatic carbocycles. The summed E-state index contributed by atoms with van der Waals surface area (Å²) in [6.45, 7) is -0.470. The quantitative estimate of drug-likeness (QED) is 0.362. The fraction of sp³-hybridized carbons (Fsp3) is 0.105. The van der Waals surface area contributed by atoms with Gasteiger partial charge in [0, 0.05) is 4.47 Å². The number of imidazole rings is 1. The van der Waals surface area contributed by atoms with E-state index >= 15 is 0 Å². The minimum atomic E-state index is -0.672. The van der Waals surface area contributed by atoms with Crippen LogP contribution in [0, 0.1) is 11.3 Å². The number of allylic oxidation sites excluding steroid dienone is 1. The summed E-state index contributed by atoms with van der Waals surface area (Å²) in [6.07, 6.45) is 0. The highest BCUT2D eigenvalue weighted by atomic mass is 79.9. The van der Waals surface area contributed by atoms with Crippen molar-refractivity contribution in [2.45, 2.75) is 0 Å². The number of aromatic nitrogens is 2. The molecule has 136 valence electrons. The zero-order valence-electron chi connectivity index (χ0n) is 14.2. The Morgan fingerprint density at radius 2 is 2.11 bits per heavy atom. The van der Waals surface area contributed by atoms with Crippen molar-refractivity contribution >= 4 is 38.5 Å². The van der Waals surface area contributed by atoms with Crippen molar-refractivity contribution in [3.8, 4) is 11.8 Å². The van der Waals surface area contributed by atoms with E-state index in [0.29, 0.717) is 15.7 Å². The summed E-state index contributed by atoms with van der Waals surface area (Å²) in [6, 6.07) is 14.0. The molecule has 0 atom stereocenters. The molecule has 1 aromatic heterocycles. The average Bonchev–Trinajstić information content (AvgIpc) is 3.10. The molecule has 0 unspecified atom stereocenters. The number of benzene rings is 2. The van der Waals surface area contributed by atoms with Crippen molar-refractivity contribution < 1.29 is 19.4 Å². The summed E-state index contributed by atoms with van der Waals surface area (Å²) >= 11 is 3.27. The van der Waals surface area contributed by atoms with Gasteiger partial charge in [0.1, 0.15) is 24.0 Å². The molecule has 27 heavy (non-hydrogen) atoms. The van der Waals surface area contributed by atoms with Crippen LogP contribution in [0.3, 0.4) is 0 Å². The molecule has 3 aromatic rings. The summed E-state index contributed by atoms with van der Waals surface area (Å²) in [5, 5.41) is 19.6. The SMILES string of the molecule is COc1ccc(Br)c(C(=O)OC/C(O)=C(\C#N)c2nc3ccccc3[nH]2)c1. The number of ether oxygens (including phenoxy) is 2. The number of esters is 1. The van der Waals surface area contributed by atoms with Crippen molar-refractivity contribution in [3.63, 3.8) is 0 Å². The number of para-hydroxylation sites is 2. The molecule has 2 N–H and O–H groups in total. The number of rotatable bonds is 5. The largest absolute Gasteiger partial charge is 0.507 e. The first kappa shape index (κ1) is 18.5. The second-order valence-corrected chi connectivity index (χ2v) is 6.31. The molecule has 0 fully saturated rings. The van der Waals surface area contributed by atoms with E-state index in [-0.39, 0.29) is 17.0 Å². The molecular formula is C19H14BrN3O4. The van der Waals surface area contributed by atoms with E-state index in [1.54, 1.807) is 24.3 Å². The van der Waals surface area contributed by atoms with Crippen LogP contribution in [0.2, 0.25) is 0 Å². The van der Waals surface area contributed by atoms with Gasteiger partial charge in [-0.2, -0.15) is 5.26 Å². The number of hydrogen-bond acceptors (Lipinski definition) is 6. The Morgan fingerprint density at radius 1 is 1.33 bits per heavy atom. The Balaban J connectivity index is 1.81. The normalized spacial score (nSPS) is 11.6. The lowest BCUT2D eigenvalue weighted by molar-refractivity contribution is 0.0501. The van der Waals surface area contributed by atoms with E-state index in [1.165, 1.54) is 13.2 Å². The van der Waals surface area contributed by atoms with Crippen LogP contribution in [-0.4, -0.2) is 34.8 Å². The smallest absolute Gasteiger partial charge is 0.339 e. The highest BCUT2D eigenvalue weighted by molar-refractivity contribution is 9.10. The van der Waals surface area contributed by atoms with Crippen molar-refractivity contribution in [1.29, 1.82) is 5.26 Å². The van der Waals surface area contributed by atoms with Crippen molar-refractivity contribution in [1.82, 2.24) is 9.97 Å². The first-order valence-corrected chi connectivity index (χ1v) is 8.60. The maximum atomic E-state index is 12.3. The van der Waals surface area contributed by atoms with Crippen LogP contribution >= 0.6 is 15.9 Å². The molecule has 0 aliphatic heterocycles. The number of hydrogen-bond donors (Lipinski definition) is 2. The third kappa shape index (κ3) is 3.93. The lowest BCUT2D eigenvalue weighted by Crippen LogP contribution is -2.10. The number of aliphatic hydroxyl groups excluding tert-OH is 1. The van der Waals surface area contributed by atoms with E-state index < -0.39 is 18.3 Å². The van der Waals surface area contributed by atoms with E-state index in [9.17, 15) is 15.2 Å². The van der Waals surface area contributed by atoms with Gasteiger partial charge >= 0.3 is 5.97 Å². The topological polar surface area (TPSA) is 108 Å². The van der Waals surface area contributed by atoms with E-state index in [4.69, 9.17) is 9.47 Å². The van der Waals surface area contributed by atoms with Gasteiger partial charge in [0.2, 0.25) is 0 Å². The fourth-order valence-electron chi connectivity index (χ4n) is 2.40. The molecular weight excluding hydrogens is 414 g/mol. The highest BCUT2D eigenvalue weighted by Crippen LogP contribution is 2.24. The van der Waals surface area contributed by atoms with Gasteiger partial charge in [-0.3, -0.25) is 0 Å². The van der Waals surface area contributed by atoms with Crippen molar-refractivity contribution in [2.75, 3.05) is 13.7 Å². The highest BCUT2D eigenvalue weighted by Gasteiger charge is 2.17. The predicted octanol–water partition coefficient (Wildman–Crippen LogP) is 3.98. The molecule has 0 amide bonds. The summed E-state index contributed by atoms with van der Waals surface area (Å²) in [5.74, 6) is -0.377. The van der Waals surface area contributed by atoms with E-state index in [1.807, 2.05) is 18.2 Å². The number of carbonyl (C=O) groups is 1. The summed E-state index contributed by atoms with van der Waals surface area (Å²) in [4.78, 5) is 19.5. The summed E-state index contributed by atoms with van der Waals surface area (Å²) in [5.41, 5.74) is 1.53. The van der Waals surface area contributed by atoms with E-state index in [2.05, 4.69) is 25.9 Å². The molecule has 3 rings (SSSR count). The number of aliphatic hydroxyl groups is 1. The number of carbonyl (C=O) groups excluding carboxylic acids is 1. The van der Waals surface area contributed by atoms with Gasteiger partial charge < -0.3 is 19.6 Å². The third-order valence-electron chi connectivity index (χ3n) is 3.76. The Morgan fingerprint density at radius 3 is 2.81 bits per heavy atom. The molecule has 0 saturated heterocycles. The van der Waals surface area contributed by atoms with Crippen LogP contribution in [0.1, 0.15) is 16.2 Å². The molecule has 0 aliphatic rings. The lowest BCUT2D eigenvalue weighted by Gasteiger charge is -2.08. The summed E-state index contributed by atoms with van der Waals surface area (Å²) in [7, 11) is 1.49. The minimum absolute atomic E-state index is 0.0938. The van der Waals surface area contributed by atoms with Gasteiger partial charge in [-0.05, 0) is 46.3 Å². The third-order valence-corrected chi connectivity index (χ3v) is 4.45. The fourth-order valence-corrected chi connectivity index (χ4v) is 2.81. The molecule has 0 saturated carbocycles. The molecule has 7 nitrogen and oxygen atoms in total. The van der Waals surface area contributed by atoms with Crippen LogP contribution in [0.25, 0.3) is 16.6 Å². The first-order valence-electron chi connectivity index (χ1n) is 7.81. The minimum Gasteiger partial charge on any atom is -0.507 e. The lowest BCUT2D eigenvalue weighted by atomic mass is 10.2. The maximum Gasteiger partial charge on any atom is 0.339 e. The number of nitriles is 1. The van der Waals surface area contributed by atoms with Gasteiger partial charge in [-0.15, -0.1) is 0 Å². The molecule has 0 radical (unpaired) electrons. The number of nitrogens with zero attached hydrogens (tertiary/aromatic N) is 2. The first-order chi connectivity index (χ1) is 13.0. The second kappa shape index (κ2) is 7.93. The maximum absolute atomic E-state index is 12.3. The van der Waals surface area contributed by atoms with Crippen LogP contribution in [0.5, 0.6) is 5.75 Å². The van der Waals surface area contributed by atoms with Crippen molar-refractivity contribution in [2.24, 2.45) is 0 Å². The Hall–Kier alpha value is -3.31. The van der Waals surface area contributed by atoms with Crippen LogP contribution < -0.4 is 4.74 Å². The van der Waals surface area contributed by atoms with Gasteiger partial charge in [0.05, 0.1) is 23.7 Å². The average molecular weight is 428 g/mol. The summed E-state index contributed by atoms with van der Waals surface area (Å²) < 4.78 is 10.7. The molecule has 1 heterocycles. The van der Waals surface area contributed by atoms with Gasteiger partial charge in [-0.25, -0.2) is 9.78 Å². The van der Waals surface area contributed by atoms with E-state index in [0.717, 1.165) is 5.52 Å². The molecule has 8 heteroatoms. The number of aromatic amines is 1. The number of halogens is 1. The Labute approximate surface area is 163 Å². The number of nitrogens with one attached hydrogen (secondary N) is 1. The molecule has 0 bridgehead atoms. The zero-order chi connectivity index (χ0) is 19.4. The van der Waals surface area contributed by atoms with Crippen LogP contribution in [0.4, 0.5) is 0 Å². The predicted molar refractivity (Wildman–Crippen MR) is 102 cm³/mol. The van der Waals surface area contributed by atoms with Crippen molar-refractivity contribution in [3.05, 3.63) is 64.1 Å². The zero-order valence-corrected chi connectivity index (χ0v) is 15.8.